The molecule has 1 N–H and O–H groups in total. The Hall–Kier alpha value is -1.32. The van der Waals surface area contributed by atoms with Crippen LogP contribution in [0.5, 0.6) is 0 Å². The first-order valence-corrected chi connectivity index (χ1v) is 6.87. The van der Waals surface area contributed by atoms with E-state index < -0.39 is 0 Å². The summed E-state index contributed by atoms with van der Waals surface area (Å²) in [7, 11) is 1.86. The second kappa shape index (κ2) is 6.57. The van der Waals surface area contributed by atoms with Gasteiger partial charge in [-0.05, 0) is 36.4 Å². The number of hydrogen-bond acceptors (Lipinski definition) is 2. The summed E-state index contributed by atoms with van der Waals surface area (Å²) in [5, 5.41) is 3.04. The van der Waals surface area contributed by atoms with Crippen LogP contribution in [0, 0.1) is 5.82 Å². The fourth-order valence-corrected chi connectivity index (χ4v) is 2.71. The normalized spacial score (nSPS) is 10.6. The van der Waals surface area contributed by atoms with Crippen molar-refractivity contribution in [2.75, 3.05) is 7.05 Å². The summed E-state index contributed by atoms with van der Waals surface area (Å²) in [5.41, 5.74) is 2.23. The molecule has 0 fully saturated rings. The molecule has 0 bridgehead atoms. The molecule has 0 atom stereocenters. The van der Waals surface area contributed by atoms with Crippen LogP contribution in [0.1, 0.15) is 11.1 Å². The van der Waals surface area contributed by atoms with E-state index in [0.29, 0.717) is 6.54 Å². The van der Waals surface area contributed by atoms with Crippen LogP contribution in [0.4, 0.5) is 4.39 Å². The van der Waals surface area contributed by atoms with E-state index in [4.69, 9.17) is 0 Å². The molecule has 0 saturated heterocycles. The minimum atomic E-state index is -0.168. The molecule has 0 spiro atoms. The predicted molar refractivity (Wildman–Crippen MR) is 75.2 cm³/mol. The van der Waals surface area contributed by atoms with Gasteiger partial charge >= 0.3 is 0 Å². The van der Waals surface area contributed by atoms with Gasteiger partial charge in [-0.3, -0.25) is 0 Å². The minimum absolute atomic E-state index is 0.168. The second-order valence-electron chi connectivity index (χ2n) is 4.10. The van der Waals surface area contributed by atoms with Crippen LogP contribution < -0.4 is 5.32 Å². The smallest absolute Gasteiger partial charge is 0.124 e. The topological polar surface area (TPSA) is 12.0 Å². The fourth-order valence-electron chi connectivity index (χ4n) is 1.75. The number of thioether (sulfide) groups is 1. The molecule has 0 saturated carbocycles. The average molecular weight is 261 g/mol. The Morgan fingerprint density at radius 1 is 1.06 bits per heavy atom. The van der Waals surface area contributed by atoms with E-state index in [2.05, 4.69) is 17.4 Å². The van der Waals surface area contributed by atoms with Crippen LogP contribution in [0.25, 0.3) is 0 Å². The summed E-state index contributed by atoms with van der Waals surface area (Å²) in [6.45, 7) is 0.691. The highest BCUT2D eigenvalue weighted by atomic mass is 32.2. The van der Waals surface area contributed by atoms with Gasteiger partial charge in [0, 0.05) is 17.2 Å². The Kier molecular flexibility index (Phi) is 4.79. The summed E-state index contributed by atoms with van der Waals surface area (Å²) in [5.74, 6) is 0.696. The maximum atomic E-state index is 13.4. The standard InChI is InChI=1S/C15H16FNS/c1-17-10-13-7-14(16)9-15(8-13)18-11-12-5-3-2-4-6-12/h2-9,17H,10-11H2,1H3. The molecule has 2 rings (SSSR count). The summed E-state index contributed by atoms with van der Waals surface area (Å²) in [4.78, 5) is 0.976. The molecular weight excluding hydrogens is 245 g/mol. The Morgan fingerprint density at radius 3 is 2.56 bits per heavy atom. The van der Waals surface area contributed by atoms with Crippen LogP contribution in [-0.2, 0) is 12.3 Å². The lowest BCUT2D eigenvalue weighted by atomic mass is 10.2. The molecule has 0 heterocycles. The van der Waals surface area contributed by atoms with E-state index in [1.54, 1.807) is 23.9 Å². The van der Waals surface area contributed by atoms with E-state index in [1.165, 1.54) is 5.56 Å². The van der Waals surface area contributed by atoms with Gasteiger partial charge in [-0.1, -0.05) is 30.3 Å². The molecule has 0 aliphatic heterocycles. The maximum absolute atomic E-state index is 13.4. The molecule has 3 heteroatoms. The molecular formula is C15H16FNS. The van der Waals surface area contributed by atoms with Crippen molar-refractivity contribution in [3.63, 3.8) is 0 Å². The quantitative estimate of drug-likeness (QED) is 0.821. The molecule has 0 unspecified atom stereocenters. The molecule has 18 heavy (non-hydrogen) atoms. The van der Waals surface area contributed by atoms with E-state index in [9.17, 15) is 4.39 Å². The third-order valence-corrected chi connectivity index (χ3v) is 3.61. The number of hydrogen-bond donors (Lipinski definition) is 1. The van der Waals surface area contributed by atoms with Gasteiger partial charge < -0.3 is 5.32 Å². The monoisotopic (exact) mass is 261 g/mol. The highest BCUT2D eigenvalue weighted by molar-refractivity contribution is 7.98. The zero-order valence-corrected chi connectivity index (χ0v) is 11.1. The third-order valence-electron chi connectivity index (χ3n) is 2.56. The molecule has 2 aromatic rings. The van der Waals surface area contributed by atoms with Crippen molar-refractivity contribution in [3.05, 3.63) is 65.5 Å². The van der Waals surface area contributed by atoms with Gasteiger partial charge in [0.15, 0.2) is 0 Å². The lowest BCUT2D eigenvalue weighted by molar-refractivity contribution is 0.619. The van der Waals surface area contributed by atoms with E-state index in [0.717, 1.165) is 16.2 Å². The highest BCUT2D eigenvalue weighted by Gasteiger charge is 2.02. The van der Waals surface area contributed by atoms with Gasteiger partial charge in [-0.15, -0.1) is 11.8 Å². The van der Waals surface area contributed by atoms with E-state index in [1.807, 2.05) is 31.3 Å². The van der Waals surface area contributed by atoms with Crippen molar-refractivity contribution >= 4 is 11.8 Å². The lowest BCUT2D eigenvalue weighted by Gasteiger charge is -2.06. The minimum Gasteiger partial charge on any atom is -0.316 e. The Morgan fingerprint density at radius 2 is 1.83 bits per heavy atom. The average Bonchev–Trinajstić information content (AvgIpc) is 2.37. The molecule has 0 aliphatic rings. The lowest BCUT2D eigenvalue weighted by Crippen LogP contribution is -2.05. The van der Waals surface area contributed by atoms with Crippen LogP contribution in [0.2, 0.25) is 0 Å². The van der Waals surface area contributed by atoms with Crippen molar-refractivity contribution in [1.29, 1.82) is 0 Å². The van der Waals surface area contributed by atoms with Crippen LogP contribution in [0.3, 0.4) is 0 Å². The van der Waals surface area contributed by atoms with Gasteiger partial charge in [-0.25, -0.2) is 4.39 Å². The van der Waals surface area contributed by atoms with Crippen LogP contribution >= 0.6 is 11.8 Å². The van der Waals surface area contributed by atoms with Crippen molar-refractivity contribution in [3.8, 4) is 0 Å². The van der Waals surface area contributed by atoms with Crippen molar-refractivity contribution < 1.29 is 4.39 Å². The molecule has 94 valence electrons. The van der Waals surface area contributed by atoms with Crippen molar-refractivity contribution in [2.24, 2.45) is 0 Å². The first-order valence-electron chi connectivity index (χ1n) is 5.89. The second-order valence-corrected chi connectivity index (χ2v) is 5.15. The van der Waals surface area contributed by atoms with Crippen molar-refractivity contribution in [1.82, 2.24) is 5.32 Å². The van der Waals surface area contributed by atoms with Gasteiger partial charge in [0.1, 0.15) is 5.82 Å². The van der Waals surface area contributed by atoms with Crippen LogP contribution in [0.15, 0.2) is 53.4 Å². The SMILES string of the molecule is CNCc1cc(F)cc(SCc2ccccc2)c1. The Bertz CT molecular complexity index is 499. The fraction of sp³-hybridized carbons (Fsp3) is 0.200. The predicted octanol–water partition coefficient (Wildman–Crippen LogP) is 3.84. The summed E-state index contributed by atoms with van der Waals surface area (Å²) in [6, 6.07) is 15.4. The largest absolute Gasteiger partial charge is 0.316 e. The summed E-state index contributed by atoms with van der Waals surface area (Å²) >= 11 is 1.66. The van der Waals surface area contributed by atoms with Crippen LogP contribution in [-0.4, -0.2) is 7.05 Å². The highest BCUT2D eigenvalue weighted by Crippen LogP contribution is 2.24. The molecule has 2 aromatic carbocycles. The van der Waals surface area contributed by atoms with Gasteiger partial charge in [0.2, 0.25) is 0 Å². The number of rotatable bonds is 5. The Balaban J connectivity index is 2.05. The summed E-state index contributed by atoms with van der Waals surface area (Å²) < 4.78 is 13.4. The van der Waals surface area contributed by atoms with E-state index >= 15 is 0 Å². The van der Waals surface area contributed by atoms with Gasteiger partial charge in [-0.2, -0.15) is 0 Å². The first-order chi connectivity index (χ1) is 8.78. The number of nitrogens with one attached hydrogen (secondary N) is 1. The molecule has 0 amide bonds. The van der Waals surface area contributed by atoms with Crippen molar-refractivity contribution in [2.45, 2.75) is 17.2 Å². The zero-order valence-electron chi connectivity index (χ0n) is 10.3. The first kappa shape index (κ1) is 13.1. The Labute approximate surface area is 111 Å². The number of benzene rings is 2. The summed E-state index contributed by atoms with van der Waals surface area (Å²) in [6.07, 6.45) is 0. The third kappa shape index (κ3) is 3.86. The zero-order chi connectivity index (χ0) is 12.8. The van der Waals surface area contributed by atoms with Gasteiger partial charge in [0.25, 0.3) is 0 Å². The van der Waals surface area contributed by atoms with E-state index in [-0.39, 0.29) is 5.82 Å². The molecule has 0 radical (unpaired) electrons. The van der Waals surface area contributed by atoms with Gasteiger partial charge in [0.05, 0.1) is 0 Å². The molecule has 0 aromatic heterocycles. The maximum Gasteiger partial charge on any atom is 0.124 e. The number of halogens is 1. The molecule has 0 aliphatic carbocycles. The molecule has 1 nitrogen and oxygen atoms in total.